The molecule has 1 heterocycles. The zero-order chi connectivity index (χ0) is 18.4. The lowest BCUT2D eigenvalue weighted by molar-refractivity contribution is -0.122. The van der Waals surface area contributed by atoms with Crippen LogP contribution in [0, 0.1) is 22.1 Å². The predicted octanol–water partition coefficient (Wildman–Crippen LogP) is 2.90. The van der Waals surface area contributed by atoms with Crippen molar-refractivity contribution in [3.63, 3.8) is 0 Å². The first kappa shape index (κ1) is 18.7. The van der Waals surface area contributed by atoms with Gasteiger partial charge in [0.25, 0.3) is 5.91 Å². The Balaban J connectivity index is 2.00. The quantitative estimate of drug-likeness (QED) is 0.559. The number of nitrogens with zero attached hydrogens (tertiary/aromatic N) is 2. The van der Waals surface area contributed by atoms with Gasteiger partial charge in [-0.15, -0.1) is 16.2 Å². The predicted molar refractivity (Wildman–Crippen MR) is 87.4 cm³/mol. The Labute approximate surface area is 145 Å². The Bertz CT molecular complexity index is 868. The maximum Gasteiger partial charge on any atom is 0.395 e. The minimum absolute atomic E-state index is 0.246. The number of hydrogen-bond acceptors (Lipinski definition) is 7. The van der Waals surface area contributed by atoms with Crippen LogP contribution in [0.25, 0.3) is 0 Å². The van der Waals surface area contributed by atoms with Crippen molar-refractivity contribution in [3.8, 4) is 11.8 Å². The summed E-state index contributed by atoms with van der Waals surface area (Å²) in [4.78, 5) is 32.9. The van der Waals surface area contributed by atoms with E-state index in [0.29, 0.717) is 4.88 Å². The van der Waals surface area contributed by atoms with Crippen LogP contribution in [0.3, 0.4) is 0 Å². The topological polar surface area (TPSA) is 129 Å². The number of rotatable bonds is 7. The van der Waals surface area contributed by atoms with E-state index in [4.69, 9.17) is 9.79 Å². The second-order valence-corrected chi connectivity index (χ2v) is 7.46. The summed E-state index contributed by atoms with van der Waals surface area (Å²) < 4.78 is 30.2. The van der Waals surface area contributed by atoms with E-state index in [9.17, 15) is 23.6 Å². The van der Waals surface area contributed by atoms with Gasteiger partial charge in [0, 0.05) is 10.9 Å². The first-order valence-corrected chi connectivity index (χ1v) is 9.35. The van der Waals surface area contributed by atoms with Crippen LogP contribution in [-0.4, -0.2) is 17.1 Å². The van der Waals surface area contributed by atoms with Crippen LogP contribution < -0.4 is 9.84 Å². The normalized spacial score (nSPS) is 14.0. The number of hydrogen-bond donors (Lipinski definition) is 2. The van der Waals surface area contributed by atoms with Gasteiger partial charge in [-0.05, 0) is 23.6 Å². The molecule has 11 heteroatoms. The van der Waals surface area contributed by atoms with Gasteiger partial charge in [-0.2, -0.15) is 5.26 Å². The third kappa shape index (κ3) is 4.93. The van der Waals surface area contributed by atoms with Crippen molar-refractivity contribution in [2.45, 2.75) is 6.04 Å². The molecule has 8 nitrogen and oxygen atoms in total. The molecule has 2 unspecified atom stereocenters. The van der Waals surface area contributed by atoms with E-state index in [1.165, 1.54) is 6.07 Å². The smallest absolute Gasteiger partial charge is 0.395 e. The van der Waals surface area contributed by atoms with Crippen LogP contribution in [0.2, 0.25) is 0 Å². The fourth-order valence-corrected chi connectivity index (χ4v) is 3.40. The Hall–Kier alpha value is -2.60. The number of amides is 1. The molecule has 2 atom stereocenters. The van der Waals surface area contributed by atoms with Gasteiger partial charge in [0.1, 0.15) is 23.9 Å². The number of halogens is 1. The van der Waals surface area contributed by atoms with Gasteiger partial charge in [-0.1, -0.05) is 11.2 Å². The molecule has 25 heavy (non-hydrogen) atoms. The lowest BCUT2D eigenvalue weighted by Gasteiger charge is -2.15. The molecule has 0 radical (unpaired) electrons. The SMILES string of the molecule is N#Cc1ccc(OP(=O)(O)CNC(=O)C(N=O)c2cccs2)cc1F. The van der Waals surface area contributed by atoms with Gasteiger partial charge in [0.2, 0.25) is 6.04 Å². The van der Waals surface area contributed by atoms with Crippen LogP contribution in [0.4, 0.5) is 4.39 Å². The summed E-state index contributed by atoms with van der Waals surface area (Å²) in [5.74, 6) is -2.05. The monoisotopic (exact) mass is 383 g/mol. The molecule has 1 aromatic carbocycles. The lowest BCUT2D eigenvalue weighted by Crippen LogP contribution is -2.29. The van der Waals surface area contributed by atoms with Crippen molar-refractivity contribution in [1.82, 2.24) is 5.32 Å². The number of nitrogens with one attached hydrogen (secondary N) is 1. The Morgan fingerprint density at radius 3 is 2.84 bits per heavy atom. The van der Waals surface area contributed by atoms with E-state index < -0.39 is 31.6 Å². The van der Waals surface area contributed by atoms with Gasteiger partial charge >= 0.3 is 7.60 Å². The highest BCUT2D eigenvalue weighted by molar-refractivity contribution is 7.53. The Morgan fingerprint density at radius 2 is 2.28 bits per heavy atom. The van der Waals surface area contributed by atoms with Crippen molar-refractivity contribution >= 4 is 24.8 Å². The van der Waals surface area contributed by atoms with Crippen LogP contribution in [-0.2, 0) is 9.36 Å². The summed E-state index contributed by atoms with van der Waals surface area (Å²) >= 11 is 1.14. The molecule has 0 spiro atoms. The second kappa shape index (κ2) is 7.98. The minimum atomic E-state index is -4.36. The molecule has 0 saturated carbocycles. The molecular weight excluding hydrogens is 372 g/mol. The number of nitriles is 1. The van der Waals surface area contributed by atoms with Gasteiger partial charge in [-0.25, -0.2) is 8.96 Å². The lowest BCUT2D eigenvalue weighted by atomic mass is 10.2. The molecule has 1 amide bonds. The molecule has 0 aliphatic rings. The van der Waals surface area contributed by atoms with Crippen molar-refractivity contribution in [2.24, 2.45) is 5.18 Å². The molecule has 2 N–H and O–H groups in total. The standard InChI is InChI=1S/C14H11FN3O5PS/c15-11-6-10(4-3-9(11)7-16)23-24(21,22)8-17-14(19)13(18-20)12-2-1-5-25-12/h1-6,13H,8H2,(H,17,19)(H,21,22). The number of nitroso groups, excluding NO2 is 1. The van der Waals surface area contributed by atoms with E-state index in [0.717, 1.165) is 29.5 Å². The highest BCUT2D eigenvalue weighted by Gasteiger charge is 2.27. The number of benzene rings is 1. The molecule has 0 saturated heterocycles. The summed E-state index contributed by atoms with van der Waals surface area (Å²) in [6.07, 6.45) is -0.801. The molecule has 2 aromatic rings. The average molecular weight is 383 g/mol. The van der Waals surface area contributed by atoms with Crippen molar-refractivity contribution in [1.29, 1.82) is 5.26 Å². The molecule has 0 bridgehead atoms. The minimum Gasteiger partial charge on any atom is -0.423 e. The first-order valence-electron chi connectivity index (χ1n) is 6.71. The summed E-state index contributed by atoms with van der Waals surface area (Å²) in [6.45, 7) is 0. The van der Waals surface area contributed by atoms with Crippen molar-refractivity contribution in [2.75, 3.05) is 6.29 Å². The Morgan fingerprint density at radius 1 is 1.52 bits per heavy atom. The molecule has 130 valence electrons. The maximum atomic E-state index is 13.5. The van der Waals surface area contributed by atoms with Gasteiger partial charge in [0.05, 0.1) is 5.56 Å². The average Bonchev–Trinajstić information content (AvgIpc) is 3.08. The molecule has 0 aliphatic carbocycles. The third-order valence-corrected chi connectivity index (χ3v) is 4.91. The molecule has 2 rings (SSSR count). The molecule has 1 aromatic heterocycles. The van der Waals surface area contributed by atoms with E-state index in [2.05, 4.69) is 10.5 Å². The van der Waals surface area contributed by atoms with Gasteiger partial charge in [0.15, 0.2) is 0 Å². The van der Waals surface area contributed by atoms with E-state index >= 15 is 0 Å². The van der Waals surface area contributed by atoms with Gasteiger partial charge < -0.3 is 14.7 Å². The molecule has 0 aliphatic heterocycles. The highest BCUT2D eigenvalue weighted by atomic mass is 32.1. The maximum absolute atomic E-state index is 13.5. The van der Waals surface area contributed by atoms with Crippen LogP contribution in [0.5, 0.6) is 5.75 Å². The fourth-order valence-electron chi connectivity index (χ4n) is 1.79. The zero-order valence-corrected chi connectivity index (χ0v) is 14.2. The number of carbonyl (C=O) groups excluding carboxylic acids is 1. The van der Waals surface area contributed by atoms with Crippen molar-refractivity contribution < 1.29 is 23.2 Å². The summed E-state index contributed by atoms with van der Waals surface area (Å²) in [6, 6.07) is 6.44. The van der Waals surface area contributed by atoms with E-state index in [-0.39, 0.29) is 11.3 Å². The van der Waals surface area contributed by atoms with Crippen LogP contribution in [0.1, 0.15) is 16.5 Å². The summed E-state index contributed by atoms with van der Waals surface area (Å²) in [5.41, 5.74) is -0.246. The summed E-state index contributed by atoms with van der Waals surface area (Å²) in [5, 5.41) is 15.1. The zero-order valence-electron chi connectivity index (χ0n) is 12.5. The van der Waals surface area contributed by atoms with E-state index in [1.54, 1.807) is 17.5 Å². The Kier molecular flexibility index (Phi) is 5.98. The van der Waals surface area contributed by atoms with Crippen LogP contribution in [0.15, 0.2) is 40.9 Å². The number of carbonyl (C=O) groups is 1. The first-order chi connectivity index (χ1) is 11.9. The van der Waals surface area contributed by atoms with Gasteiger partial charge in [-0.3, -0.25) is 4.79 Å². The number of thiophene rings is 1. The summed E-state index contributed by atoms with van der Waals surface area (Å²) in [7, 11) is -4.36. The molecular formula is C14H11FN3O5PS. The van der Waals surface area contributed by atoms with E-state index in [1.807, 2.05) is 0 Å². The second-order valence-electron chi connectivity index (χ2n) is 4.70. The van der Waals surface area contributed by atoms with Crippen molar-refractivity contribution in [3.05, 3.63) is 56.9 Å². The largest absolute Gasteiger partial charge is 0.423 e. The van der Waals surface area contributed by atoms with Crippen LogP contribution >= 0.6 is 18.9 Å². The fraction of sp³-hybridized carbons (Fsp3) is 0.143. The molecule has 0 fully saturated rings. The third-order valence-electron chi connectivity index (χ3n) is 2.93. The highest BCUT2D eigenvalue weighted by Crippen LogP contribution is 2.41.